The zero-order valence-corrected chi connectivity index (χ0v) is 11.9. The summed E-state index contributed by atoms with van der Waals surface area (Å²) in [6, 6.07) is 7.39. The van der Waals surface area contributed by atoms with Crippen LogP contribution in [0.1, 0.15) is 25.3 Å². The Hall–Kier alpha value is -0.870. The third-order valence-electron chi connectivity index (χ3n) is 3.75. The van der Waals surface area contributed by atoms with Gasteiger partial charge in [-0.3, -0.25) is 0 Å². The van der Waals surface area contributed by atoms with Gasteiger partial charge in [-0.1, -0.05) is 19.1 Å². The lowest BCUT2D eigenvalue weighted by atomic mass is 9.96. The Labute approximate surface area is 110 Å². The number of nitrogens with one attached hydrogen (secondary N) is 1. The molecule has 1 aliphatic rings. The lowest BCUT2D eigenvalue weighted by molar-refractivity contribution is 0.478. The molecule has 0 atom stereocenters. The fourth-order valence-electron chi connectivity index (χ4n) is 2.38. The Morgan fingerprint density at radius 3 is 2.28 bits per heavy atom. The van der Waals surface area contributed by atoms with Crippen LogP contribution in [0.4, 0.5) is 0 Å². The molecular formula is C14H21NO2S. The Morgan fingerprint density at radius 1 is 1.22 bits per heavy atom. The molecule has 2 rings (SSSR count). The lowest BCUT2D eigenvalue weighted by Gasteiger charge is -2.14. The van der Waals surface area contributed by atoms with E-state index in [-0.39, 0.29) is 5.75 Å². The largest absolute Gasteiger partial charge is 0.319 e. The molecule has 1 fully saturated rings. The fourth-order valence-corrected chi connectivity index (χ4v) is 3.27. The van der Waals surface area contributed by atoms with Gasteiger partial charge in [0.15, 0.2) is 9.84 Å². The van der Waals surface area contributed by atoms with E-state index in [0.29, 0.717) is 10.3 Å². The van der Waals surface area contributed by atoms with E-state index in [1.54, 1.807) is 19.1 Å². The van der Waals surface area contributed by atoms with Gasteiger partial charge in [0, 0.05) is 6.54 Å². The van der Waals surface area contributed by atoms with Crippen LogP contribution in [0.2, 0.25) is 0 Å². The van der Waals surface area contributed by atoms with Gasteiger partial charge in [0.05, 0.1) is 10.6 Å². The average Bonchev–Trinajstić information content (AvgIpc) is 3.10. The second kappa shape index (κ2) is 5.02. The van der Waals surface area contributed by atoms with Crippen LogP contribution in [-0.4, -0.2) is 27.8 Å². The highest BCUT2D eigenvalue weighted by molar-refractivity contribution is 7.91. The summed E-state index contributed by atoms with van der Waals surface area (Å²) in [7, 11) is -1.08. The molecule has 1 N–H and O–H groups in total. The van der Waals surface area contributed by atoms with E-state index < -0.39 is 9.84 Å². The van der Waals surface area contributed by atoms with Crippen LogP contribution < -0.4 is 5.32 Å². The Morgan fingerprint density at radius 2 is 1.83 bits per heavy atom. The van der Waals surface area contributed by atoms with E-state index in [1.165, 1.54) is 18.4 Å². The zero-order valence-electron chi connectivity index (χ0n) is 11.1. The van der Waals surface area contributed by atoms with Crippen molar-refractivity contribution < 1.29 is 8.42 Å². The van der Waals surface area contributed by atoms with Crippen LogP contribution >= 0.6 is 0 Å². The molecule has 18 heavy (non-hydrogen) atoms. The molecule has 0 bridgehead atoms. The molecular weight excluding hydrogens is 246 g/mol. The molecule has 0 aliphatic heterocycles. The number of sulfone groups is 1. The first kappa shape index (κ1) is 13.6. The third-order valence-corrected chi connectivity index (χ3v) is 5.50. The molecule has 100 valence electrons. The molecule has 1 aromatic rings. The topological polar surface area (TPSA) is 46.2 Å². The van der Waals surface area contributed by atoms with E-state index in [2.05, 4.69) is 5.32 Å². The van der Waals surface area contributed by atoms with E-state index in [4.69, 9.17) is 0 Å². The third kappa shape index (κ3) is 2.93. The minimum Gasteiger partial charge on any atom is -0.319 e. The summed E-state index contributed by atoms with van der Waals surface area (Å²) in [6.07, 6.45) is 3.58. The molecule has 1 aliphatic carbocycles. The fraction of sp³-hybridized carbons (Fsp3) is 0.571. The molecule has 0 radical (unpaired) electrons. The second-order valence-electron chi connectivity index (χ2n) is 5.25. The van der Waals surface area contributed by atoms with Crippen molar-refractivity contribution >= 4 is 9.84 Å². The van der Waals surface area contributed by atoms with Crippen molar-refractivity contribution in [3.63, 3.8) is 0 Å². The summed E-state index contributed by atoms with van der Waals surface area (Å²) in [6.45, 7) is 2.72. The van der Waals surface area contributed by atoms with Crippen LogP contribution in [0.25, 0.3) is 0 Å². The first-order valence-electron chi connectivity index (χ1n) is 6.48. The van der Waals surface area contributed by atoms with Crippen LogP contribution in [0, 0.1) is 5.41 Å². The van der Waals surface area contributed by atoms with Gasteiger partial charge in [-0.25, -0.2) is 8.42 Å². The van der Waals surface area contributed by atoms with Gasteiger partial charge < -0.3 is 5.32 Å². The van der Waals surface area contributed by atoms with Gasteiger partial charge in [-0.15, -0.1) is 0 Å². The van der Waals surface area contributed by atoms with E-state index in [9.17, 15) is 8.42 Å². The monoisotopic (exact) mass is 267 g/mol. The maximum atomic E-state index is 11.7. The van der Waals surface area contributed by atoms with Gasteiger partial charge in [0.2, 0.25) is 0 Å². The van der Waals surface area contributed by atoms with Gasteiger partial charge in [0.25, 0.3) is 0 Å². The van der Waals surface area contributed by atoms with Gasteiger partial charge in [-0.2, -0.15) is 0 Å². The average molecular weight is 267 g/mol. The molecule has 1 saturated carbocycles. The highest BCUT2D eigenvalue weighted by Gasteiger charge is 2.41. The van der Waals surface area contributed by atoms with Gasteiger partial charge in [0.1, 0.15) is 0 Å². The summed E-state index contributed by atoms with van der Waals surface area (Å²) < 4.78 is 23.4. The molecule has 0 amide bonds. The summed E-state index contributed by atoms with van der Waals surface area (Å²) in [5, 5.41) is 3.24. The van der Waals surface area contributed by atoms with Gasteiger partial charge >= 0.3 is 0 Å². The van der Waals surface area contributed by atoms with E-state index >= 15 is 0 Å². The molecule has 0 heterocycles. The molecule has 0 saturated heterocycles. The SMILES string of the molecule is CCS(=O)(=O)c1ccc(CC2(CNC)CC2)cc1. The molecule has 1 aromatic carbocycles. The maximum absolute atomic E-state index is 11.7. The van der Waals surface area contributed by atoms with Crippen molar-refractivity contribution in [1.29, 1.82) is 0 Å². The standard InChI is InChI=1S/C14H21NO2S/c1-3-18(16,17)13-6-4-12(5-7-13)10-14(8-9-14)11-15-2/h4-7,15H,3,8-11H2,1-2H3. The smallest absolute Gasteiger partial charge is 0.178 e. The quantitative estimate of drug-likeness (QED) is 0.858. The van der Waals surface area contributed by atoms with Gasteiger partial charge in [-0.05, 0) is 49.4 Å². The predicted octanol–water partition coefficient (Wildman–Crippen LogP) is 2.02. The minimum absolute atomic E-state index is 0.163. The molecule has 3 nitrogen and oxygen atoms in total. The van der Waals surface area contributed by atoms with Crippen LogP contribution in [0.5, 0.6) is 0 Å². The summed E-state index contributed by atoms with van der Waals surface area (Å²) in [5.74, 6) is 0.163. The van der Waals surface area contributed by atoms with Crippen molar-refractivity contribution in [3.05, 3.63) is 29.8 Å². The number of benzene rings is 1. The second-order valence-corrected chi connectivity index (χ2v) is 7.53. The van der Waals surface area contributed by atoms with Crippen molar-refractivity contribution in [1.82, 2.24) is 5.32 Å². The number of hydrogen-bond acceptors (Lipinski definition) is 3. The van der Waals surface area contributed by atoms with E-state index in [0.717, 1.165) is 13.0 Å². The first-order chi connectivity index (χ1) is 8.51. The minimum atomic E-state index is -3.07. The Bertz CT molecular complexity index is 501. The van der Waals surface area contributed by atoms with Crippen LogP contribution in [0.3, 0.4) is 0 Å². The Kier molecular flexibility index (Phi) is 3.78. The summed E-state index contributed by atoms with van der Waals surface area (Å²) in [4.78, 5) is 0.437. The number of hydrogen-bond donors (Lipinski definition) is 1. The molecule has 4 heteroatoms. The molecule has 0 aromatic heterocycles. The summed E-state index contributed by atoms with van der Waals surface area (Å²) >= 11 is 0. The Balaban J connectivity index is 2.09. The van der Waals surface area contributed by atoms with Crippen LogP contribution in [-0.2, 0) is 16.3 Å². The maximum Gasteiger partial charge on any atom is 0.178 e. The molecule has 0 spiro atoms. The first-order valence-corrected chi connectivity index (χ1v) is 8.13. The highest BCUT2D eigenvalue weighted by Crippen LogP contribution is 2.47. The predicted molar refractivity (Wildman–Crippen MR) is 73.5 cm³/mol. The molecule has 0 unspecified atom stereocenters. The normalized spacial score (nSPS) is 17.7. The van der Waals surface area contributed by atoms with Crippen molar-refractivity contribution in [3.8, 4) is 0 Å². The summed E-state index contributed by atoms with van der Waals surface area (Å²) in [5.41, 5.74) is 1.65. The van der Waals surface area contributed by atoms with Crippen molar-refractivity contribution in [2.75, 3.05) is 19.3 Å². The number of rotatable bonds is 6. The van der Waals surface area contributed by atoms with Crippen molar-refractivity contribution in [2.45, 2.75) is 31.1 Å². The van der Waals surface area contributed by atoms with E-state index in [1.807, 2.05) is 19.2 Å². The van der Waals surface area contributed by atoms with Crippen molar-refractivity contribution in [2.24, 2.45) is 5.41 Å². The van der Waals surface area contributed by atoms with Crippen LogP contribution in [0.15, 0.2) is 29.2 Å². The lowest BCUT2D eigenvalue weighted by Crippen LogP contribution is -2.21. The zero-order chi connectivity index (χ0) is 13.2. The highest BCUT2D eigenvalue weighted by atomic mass is 32.2.